The molecule has 0 N–H and O–H groups in total. The largest absolute Gasteiger partial charge is 0.299 e. The van der Waals surface area contributed by atoms with E-state index in [1.54, 1.807) is 0 Å². The second kappa shape index (κ2) is 6.01. The van der Waals surface area contributed by atoms with Crippen LogP contribution in [0.5, 0.6) is 0 Å². The number of carbonyl (C=O) groups excluding carboxylic acids is 1. The Kier molecular flexibility index (Phi) is 4.60. The molecule has 1 aromatic rings. The lowest BCUT2D eigenvalue weighted by Crippen LogP contribution is -2.27. The summed E-state index contributed by atoms with van der Waals surface area (Å²) in [6.45, 7) is 4.59. The van der Waals surface area contributed by atoms with E-state index in [1.165, 1.54) is 6.42 Å². The molecule has 18 heavy (non-hydrogen) atoms. The summed E-state index contributed by atoms with van der Waals surface area (Å²) in [5, 5.41) is 0. The summed E-state index contributed by atoms with van der Waals surface area (Å²) >= 11 is 3.45. The van der Waals surface area contributed by atoms with Crippen LogP contribution >= 0.6 is 15.9 Å². The normalized spacial score (nSPS) is 28.1. The van der Waals surface area contributed by atoms with Gasteiger partial charge in [0.15, 0.2) is 0 Å². The molecular formula is C16H21BrO. The molecule has 3 atom stereocenters. The van der Waals surface area contributed by atoms with Gasteiger partial charge in [0, 0.05) is 16.8 Å². The predicted octanol–water partition coefficient (Wildman–Crippen LogP) is 4.63. The fraction of sp³-hybridized carbons (Fsp3) is 0.562. The van der Waals surface area contributed by atoms with Gasteiger partial charge in [-0.25, -0.2) is 0 Å². The van der Waals surface area contributed by atoms with Gasteiger partial charge in [-0.3, -0.25) is 4.79 Å². The highest BCUT2D eigenvalue weighted by atomic mass is 79.9. The van der Waals surface area contributed by atoms with Crippen molar-refractivity contribution in [3.05, 3.63) is 34.3 Å². The number of hydrogen-bond acceptors (Lipinski definition) is 1. The van der Waals surface area contributed by atoms with Crippen molar-refractivity contribution in [2.24, 2.45) is 17.8 Å². The van der Waals surface area contributed by atoms with Gasteiger partial charge in [0.25, 0.3) is 0 Å². The van der Waals surface area contributed by atoms with Gasteiger partial charge in [0.05, 0.1) is 0 Å². The summed E-state index contributed by atoms with van der Waals surface area (Å²) in [5.74, 6) is 2.18. The van der Waals surface area contributed by atoms with Crippen LogP contribution in [0.4, 0.5) is 0 Å². The van der Waals surface area contributed by atoms with Crippen molar-refractivity contribution in [1.82, 2.24) is 0 Å². The first-order valence-electron chi connectivity index (χ1n) is 6.83. The predicted molar refractivity (Wildman–Crippen MR) is 78.5 cm³/mol. The molecule has 2 rings (SSSR count). The van der Waals surface area contributed by atoms with E-state index in [1.807, 2.05) is 24.3 Å². The molecule has 0 saturated heterocycles. The third-order valence-corrected chi connectivity index (χ3v) is 4.81. The van der Waals surface area contributed by atoms with E-state index in [4.69, 9.17) is 0 Å². The lowest BCUT2D eigenvalue weighted by Gasteiger charge is -2.31. The maximum Gasteiger partial charge on any atom is 0.140 e. The van der Waals surface area contributed by atoms with E-state index in [-0.39, 0.29) is 5.92 Å². The van der Waals surface area contributed by atoms with Crippen molar-refractivity contribution < 1.29 is 4.79 Å². The SMILES string of the molecule is CC1CCC(C(=O)Cc2cccc(Br)c2)CC1C. The Morgan fingerprint density at radius 1 is 1.28 bits per heavy atom. The van der Waals surface area contributed by atoms with Crippen molar-refractivity contribution in [2.75, 3.05) is 0 Å². The van der Waals surface area contributed by atoms with Crippen LogP contribution in [-0.2, 0) is 11.2 Å². The van der Waals surface area contributed by atoms with E-state index in [0.717, 1.165) is 28.8 Å². The molecule has 0 heterocycles. The Bertz CT molecular complexity index is 427. The van der Waals surface area contributed by atoms with Crippen LogP contribution in [0.15, 0.2) is 28.7 Å². The van der Waals surface area contributed by atoms with Crippen molar-refractivity contribution in [2.45, 2.75) is 39.5 Å². The first kappa shape index (κ1) is 13.8. The minimum absolute atomic E-state index is 0.287. The fourth-order valence-corrected chi connectivity index (χ4v) is 3.28. The summed E-state index contributed by atoms with van der Waals surface area (Å²) in [5.41, 5.74) is 1.13. The van der Waals surface area contributed by atoms with Gasteiger partial charge in [0.1, 0.15) is 5.78 Å². The third kappa shape index (κ3) is 3.44. The minimum atomic E-state index is 0.287. The maximum atomic E-state index is 12.3. The van der Waals surface area contributed by atoms with Gasteiger partial charge in [-0.2, -0.15) is 0 Å². The van der Waals surface area contributed by atoms with Crippen LogP contribution in [0.2, 0.25) is 0 Å². The molecule has 0 radical (unpaired) electrons. The molecule has 0 aromatic heterocycles. The van der Waals surface area contributed by atoms with Crippen molar-refractivity contribution >= 4 is 21.7 Å². The summed E-state index contributed by atoms with van der Waals surface area (Å²) in [6, 6.07) is 8.08. The number of carbonyl (C=O) groups is 1. The summed E-state index contributed by atoms with van der Waals surface area (Å²) in [4.78, 5) is 12.3. The maximum absolute atomic E-state index is 12.3. The zero-order valence-corrected chi connectivity index (χ0v) is 12.7. The van der Waals surface area contributed by atoms with Crippen LogP contribution < -0.4 is 0 Å². The molecule has 98 valence electrons. The second-order valence-electron chi connectivity index (χ2n) is 5.74. The molecule has 0 spiro atoms. The molecule has 1 nitrogen and oxygen atoms in total. The Labute approximate surface area is 118 Å². The highest BCUT2D eigenvalue weighted by Crippen LogP contribution is 2.34. The molecule has 1 saturated carbocycles. The molecular weight excluding hydrogens is 288 g/mol. The number of Topliss-reactive ketones (excluding diaryl/α,β-unsaturated/α-hetero) is 1. The van der Waals surface area contributed by atoms with E-state index < -0.39 is 0 Å². The van der Waals surface area contributed by atoms with E-state index in [2.05, 4.69) is 29.8 Å². The fourth-order valence-electron chi connectivity index (χ4n) is 2.83. The van der Waals surface area contributed by atoms with Crippen molar-refractivity contribution in [3.63, 3.8) is 0 Å². The zero-order valence-electron chi connectivity index (χ0n) is 11.2. The van der Waals surface area contributed by atoms with E-state index >= 15 is 0 Å². The van der Waals surface area contributed by atoms with Gasteiger partial charge >= 0.3 is 0 Å². The van der Waals surface area contributed by atoms with Gasteiger partial charge in [-0.1, -0.05) is 41.9 Å². The van der Waals surface area contributed by atoms with E-state index in [0.29, 0.717) is 18.1 Å². The number of ketones is 1. The van der Waals surface area contributed by atoms with Crippen LogP contribution in [0.3, 0.4) is 0 Å². The number of hydrogen-bond donors (Lipinski definition) is 0. The standard InChI is InChI=1S/C16H21BrO/c1-11-6-7-14(8-12(11)2)16(18)10-13-4-3-5-15(17)9-13/h3-5,9,11-12,14H,6-8,10H2,1-2H3. The molecule has 3 unspecified atom stereocenters. The smallest absolute Gasteiger partial charge is 0.140 e. The molecule has 1 aromatic carbocycles. The Morgan fingerprint density at radius 3 is 2.72 bits per heavy atom. The van der Waals surface area contributed by atoms with Crippen molar-refractivity contribution in [1.29, 1.82) is 0 Å². The molecule has 0 amide bonds. The average Bonchev–Trinajstić information content (AvgIpc) is 2.32. The van der Waals surface area contributed by atoms with Gasteiger partial charge in [-0.15, -0.1) is 0 Å². The third-order valence-electron chi connectivity index (χ3n) is 4.32. The number of rotatable bonds is 3. The Morgan fingerprint density at radius 2 is 2.06 bits per heavy atom. The quantitative estimate of drug-likeness (QED) is 0.795. The second-order valence-corrected chi connectivity index (χ2v) is 6.65. The molecule has 1 aliphatic carbocycles. The molecule has 0 bridgehead atoms. The monoisotopic (exact) mass is 308 g/mol. The highest BCUT2D eigenvalue weighted by molar-refractivity contribution is 9.10. The van der Waals surface area contributed by atoms with Crippen LogP contribution in [0.25, 0.3) is 0 Å². The molecule has 0 aliphatic heterocycles. The van der Waals surface area contributed by atoms with Crippen LogP contribution in [-0.4, -0.2) is 5.78 Å². The van der Waals surface area contributed by atoms with Gasteiger partial charge < -0.3 is 0 Å². The van der Waals surface area contributed by atoms with Gasteiger partial charge in [-0.05, 0) is 48.8 Å². The first-order chi connectivity index (χ1) is 8.56. The summed E-state index contributed by atoms with van der Waals surface area (Å²) < 4.78 is 1.05. The lowest BCUT2D eigenvalue weighted by atomic mass is 9.73. The van der Waals surface area contributed by atoms with Crippen LogP contribution in [0.1, 0.15) is 38.7 Å². The lowest BCUT2D eigenvalue weighted by molar-refractivity contribution is -0.123. The summed E-state index contributed by atoms with van der Waals surface area (Å²) in [7, 11) is 0. The van der Waals surface area contributed by atoms with Crippen LogP contribution in [0, 0.1) is 17.8 Å². The topological polar surface area (TPSA) is 17.1 Å². The number of halogens is 1. The van der Waals surface area contributed by atoms with Crippen molar-refractivity contribution in [3.8, 4) is 0 Å². The average molecular weight is 309 g/mol. The first-order valence-corrected chi connectivity index (χ1v) is 7.62. The Hall–Kier alpha value is -0.630. The Balaban J connectivity index is 1.96. The zero-order chi connectivity index (χ0) is 13.1. The molecule has 2 heteroatoms. The van der Waals surface area contributed by atoms with E-state index in [9.17, 15) is 4.79 Å². The highest BCUT2D eigenvalue weighted by Gasteiger charge is 2.28. The number of benzene rings is 1. The minimum Gasteiger partial charge on any atom is -0.299 e. The van der Waals surface area contributed by atoms with Gasteiger partial charge in [0.2, 0.25) is 0 Å². The summed E-state index contributed by atoms with van der Waals surface area (Å²) in [6.07, 6.45) is 3.95. The molecule has 1 aliphatic rings. The molecule has 1 fully saturated rings.